The molecule has 0 radical (unpaired) electrons. The molecule has 1 atom stereocenters. The van der Waals surface area contributed by atoms with Crippen molar-refractivity contribution in [1.29, 1.82) is 0 Å². The molecule has 0 aromatic rings. The van der Waals surface area contributed by atoms with Gasteiger partial charge in [-0.15, -0.1) is 0 Å². The lowest BCUT2D eigenvalue weighted by molar-refractivity contribution is -0.138. The predicted octanol–water partition coefficient (Wildman–Crippen LogP) is 3.26. The minimum absolute atomic E-state index is 0.227. The second kappa shape index (κ2) is 6.88. The van der Waals surface area contributed by atoms with Gasteiger partial charge in [-0.05, 0) is 31.6 Å². The Labute approximate surface area is 128 Å². The quantitative estimate of drug-likeness (QED) is 0.640. The molecule has 2 fully saturated rings. The van der Waals surface area contributed by atoms with Crippen LogP contribution in [0.5, 0.6) is 0 Å². The van der Waals surface area contributed by atoms with Gasteiger partial charge in [-0.25, -0.2) is 0 Å². The van der Waals surface area contributed by atoms with Crippen LogP contribution in [0.15, 0.2) is 0 Å². The number of hydrogen-bond donors (Lipinski definition) is 1. The highest BCUT2D eigenvalue weighted by molar-refractivity contribution is 7.80. The van der Waals surface area contributed by atoms with Gasteiger partial charge in [-0.2, -0.15) is 0 Å². The summed E-state index contributed by atoms with van der Waals surface area (Å²) in [6.07, 6.45) is 9.85. The lowest BCUT2D eigenvalue weighted by Crippen LogP contribution is -2.49. The summed E-state index contributed by atoms with van der Waals surface area (Å²) < 4.78 is 0. The molecule has 4 heteroatoms. The van der Waals surface area contributed by atoms with E-state index < -0.39 is 5.41 Å². The Morgan fingerprint density at radius 3 is 2.50 bits per heavy atom. The minimum Gasteiger partial charge on any atom is -0.392 e. The van der Waals surface area contributed by atoms with Crippen molar-refractivity contribution < 1.29 is 4.79 Å². The van der Waals surface area contributed by atoms with E-state index in [1.54, 1.807) is 0 Å². The number of carbonyl (C=O) groups is 1. The Bertz CT molecular complexity index is 361. The Hall–Kier alpha value is -0.640. The number of hydrogen-bond acceptors (Lipinski definition) is 2. The first-order chi connectivity index (χ1) is 9.60. The monoisotopic (exact) mass is 296 g/mol. The van der Waals surface area contributed by atoms with Gasteiger partial charge in [-0.3, -0.25) is 4.79 Å². The zero-order valence-electron chi connectivity index (χ0n) is 12.7. The molecule has 2 rings (SSSR count). The second-order valence-electron chi connectivity index (χ2n) is 6.56. The van der Waals surface area contributed by atoms with E-state index in [1.807, 2.05) is 4.90 Å². The Balaban J connectivity index is 2.09. The van der Waals surface area contributed by atoms with Crippen LogP contribution in [0.1, 0.15) is 64.7 Å². The predicted molar refractivity (Wildman–Crippen MR) is 86.5 cm³/mol. The van der Waals surface area contributed by atoms with Crippen molar-refractivity contribution in [2.75, 3.05) is 13.1 Å². The number of amides is 1. The zero-order chi connectivity index (χ0) is 14.6. The molecule has 20 heavy (non-hydrogen) atoms. The van der Waals surface area contributed by atoms with Gasteiger partial charge in [0.25, 0.3) is 0 Å². The number of rotatable bonds is 4. The van der Waals surface area contributed by atoms with E-state index >= 15 is 0 Å². The van der Waals surface area contributed by atoms with E-state index in [9.17, 15) is 4.79 Å². The molecular weight excluding hydrogens is 268 g/mol. The van der Waals surface area contributed by atoms with Crippen molar-refractivity contribution in [3.05, 3.63) is 0 Å². The highest BCUT2D eigenvalue weighted by Gasteiger charge is 2.45. The number of nitrogens with two attached hydrogens (primary N) is 1. The van der Waals surface area contributed by atoms with Crippen LogP contribution in [0, 0.1) is 11.3 Å². The molecule has 1 aliphatic carbocycles. The van der Waals surface area contributed by atoms with E-state index in [0.29, 0.717) is 10.9 Å². The summed E-state index contributed by atoms with van der Waals surface area (Å²) in [5.74, 6) is 0.906. The third-order valence-electron chi connectivity index (χ3n) is 5.11. The fourth-order valence-corrected chi connectivity index (χ4v) is 4.15. The van der Waals surface area contributed by atoms with Crippen LogP contribution in [0.25, 0.3) is 0 Å². The number of thiocarbonyl (C=S) groups is 1. The summed E-state index contributed by atoms with van der Waals surface area (Å²) >= 11 is 5.31. The van der Waals surface area contributed by atoms with Crippen molar-refractivity contribution >= 4 is 23.1 Å². The van der Waals surface area contributed by atoms with Crippen molar-refractivity contribution in [3.63, 3.8) is 0 Å². The third kappa shape index (κ3) is 3.16. The van der Waals surface area contributed by atoms with Crippen LogP contribution < -0.4 is 5.73 Å². The van der Waals surface area contributed by atoms with Crippen LogP contribution >= 0.6 is 12.2 Å². The van der Waals surface area contributed by atoms with Gasteiger partial charge >= 0.3 is 0 Å². The van der Waals surface area contributed by atoms with Gasteiger partial charge in [0.1, 0.15) is 0 Å². The number of carbonyl (C=O) groups excluding carboxylic acids is 1. The fourth-order valence-electron chi connectivity index (χ4n) is 3.86. The maximum absolute atomic E-state index is 13.0. The van der Waals surface area contributed by atoms with Crippen LogP contribution in [0.4, 0.5) is 0 Å². The first-order valence-corrected chi connectivity index (χ1v) is 8.60. The smallest absolute Gasteiger partial charge is 0.235 e. The first-order valence-electron chi connectivity index (χ1n) is 8.19. The van der Waals surface area contributed by atoms with Gasteiger partial charge in [0, 0.05) is 13.1 Å². The van der Waals surface area contributed by atoms with Crippen molar-refractivity contribution in [2.24, 2.45) is 17.1 Å². The molecule has 0 bridgehead atoms. The molecule has 114 valence electrons. The van der Waals surface area contributed by atoms with Gasteiger partial charge in [0.15, 0.2) is 0 Å². The molecule has 2 aliphatic rings. The molecule has 1 aliphatic heterocycles. The third-order valence-corrected chi connectivity index (χ3v) is 5.50. The Morgan fingerprint density at radius 1 is 1.30 bits per heavy atom. The maximum atomic E-state index is 13.0. The molecule has 2 N–H and O–H groups in total. The molecule has 1 saturated heterocycles. The second-order valence-corrected chi connectivity index (χ2v) is 6.99. The molecule has 0 spiro atoms. The lowest BCUT2D eigenvalue weighted by atomic mass is 9.79. The number of nitrogens with zero attached hydrogens (tertiary/aromatic N) is 1. The molecule has 1 heterocycles. The average molecular weight is 296 g/mol. The molecule has 1 unspecified atom stereocenters. The average Bonchev–Trinajstić information content (AvgIpc) is 2.74. The summed E-state index contributed by atoms with van der Waals surface area (Å²) in [6, 6.07) is 0. The van der Waals surface area contributed by atoms with E-state index in [2.05, 4.69) is 6.92 Å². The summed E-state index contributed by atoms with van der Waals surface area (Å²) in [4.78, 5) is 15.5. The van der Waals surface area contributed by atoms with Crippen LogP contribution in [-0.2, 0) is 4.79 Å². The first kappa shape index (κ1) is 15.7. The lowest BCUT2D eigenvalue weighted by Gasteiger charge is -2.34. The van der Waals surface area contributed by atoms with E-state index in [4.69, 9.17) is 18.0 Å². The summed E-state index contributed by atoms with van der Waals surface area (Å²) in [6.45, 7) is 4.02. The topological polar surface area (TPSA) is 46.3 Å². The van der Waals surface area contributed by atoms with Crippen LogP contribution in [0.2, 0.25) is 0 Å². The van der Waals surface area contributed by atoms with E-state index in [1.165, 1.54) is 25.7 Å². The summed E-state index contributed by atoms with van der Waals surface area (Å²) in [5, 5.41) is 0. The van der Waals surface area contributed by atoms with Crippen molar-refractivity contribution in [3.8, 4) is 0 Å². The number of likely N-dealkylation sites (tertiary alicyclic amines) is 1. The largest absolute Gasteiger partial charge is 0.392 e. The molecule has 3 nitrogen and oxygen atoms in total. The normalized spacial score (nSPS) is 26.2. The summed E-state index contributed by atoms with van der Waals surface area (Å²) in [5.41, 5.74) is 5.48. The standard InChI is InChI=1S/C16H28N2OS/c1-2-7-13-8-11-18(12-13)15(19)16(14(17)20)9-5-3-4-6-10-16/h13H,2-12H2,1H3,(H2,17,20). The molecule has 0 aromatic heterocycles. The minimum atomic E-state index is -0.535. The molecule has 1 saturated carbocycles. The molecular formula is C16H28N2OS. The molecule has 1 amide bonds. The van der Waals surface area contributed by atoms with E-state index in [-0.39, 0.29) is 5.91 Å². The SMILES string of the molecule is CCCC1CCN(C(=O)C2(C(N)=S)CCCCCC2)C1. The Morgan fingerprint density at radius 2 is 1.95 bits per heavy atom. The highest BCUT2D eigenvalue weighted by Crippen LogP contribution is 2.38. The van der Waals surface area contributed by atoms with Gasteiger partial charge in [0.05, 0.1) is 10.4 Å². The van der Waals surface area contributed by atoms with Gasteiger partial charge < -0.3 is 10.6 Å². The van der Waals surface area contributed by atoms with Crippen LogP contribution in [-0.4, -0.2) is 28.9 Å². The van der Waals surface area contributed by atoms with E-state index in [0.717, 1.165) is 45.2 Å². The Kier molecular flexibility index (Phi) is 5.42. The van der Waals surface area contributed by atoms with Gasteiger partial charge in [-0.1, -0.05) is 51.2 Å². The van der Waals surface area contributed by atoms with Crippen molar-refractivity contribution in [2.45, 2.75) is 64.7 Å². The summed E-state index contributed by atoms with van der Waals surface area (Å²) in [7, 11) is 0. The van der Waals surface area contributed by atoms with Crippen LogP contribution in [0.3, 0.4) is 0 Å². The zero-order valence-corrected chi connectivity index (χ0v) is 13.5. The van der Waals surface area contributed by atoms with Gasteiger partial charge in [0.2, 0.25) is 5.91 Å². The fraction of sp³-hybridized carbons (Fsp3) is 0.875. The van der Waals surface area contributed by atoms with Crippen molar-refractivity contribution in [1.82, 2.24) is 4.90 Å². The molecule has 0 aromatic carbocycles. The maximum Gasteiger partial charge on any atom is 0.235 e. The highest BCUT2D eigenvalue weighted by atomic mass is 32.1.